The van der Waals surface area contributed by atoms with Gasteiger partial charge in [-0.25, -0.2) is 0 Å². The van der Waals surface area contributed by atoms with Crippen LogP contribution in [0.15, 0.2) is 41.1 Å². The van der Waals surface area contributed by atoms with E-state index >= 15 is 0 Å². The van der Waals surface area contributed by atoms with E-state index in [0.29, 0.717) is 16.9 Å². The van der Waals surface area contributed by atoms with E-state index in [0.717, 1.165) is 0 Å². The van der Waals surface area contributed by atoms with E-state index in [-0.39, 0.29) is 24.3 Å². The molecule has 2 rings (SSSR count). The normalized spacial score (nSPS) is 10.0. The topological polar surface area (TPSA) is 78.5 Å². The van der Waals surface area contributed by atoms with Crippen LogP contribution in [0.3, 0.4) is 0 Å². The van der Waals surface area contributed by atoms with Gasteiger partial charge in [0.2, 0.25) is 11.8 Å². The highest BCUT2D eigenvalue weighted by Gasteiger charge is 2.15. The largest absolute Gasteiger partial charge is 0.332 e. The molecule has 2 N–H and O–H groups in total. The Kier molecular flexibility index (Phi) is 5.48. The number of benzene rings is 1. The van der Waals surface area contributed by atoms with Gasteiger partial charge in [0.25, 0.3) is 5.91 Å². The molecule has 7 heteroatoms. The van der Waals surface area contributed by atoms with Gasteiger partial charge in [-0.15, -0.1) is 0 Å². The van der Waals surface area contributed by atoms with Crippen LogP contribution in [0.5, 0.6) is 0 Å². The second-order valence-corrected chi connectivity index (χ2v) is 5.76. The fraction of sp³-hybridized carbons (Fsp3) is 0.188. The summed E-state index contributed by atoms with van der Waals surface area (Å²) in [6.07, 6.45) is 0. The molecule has 0 bridgehead atoms. The van der Waals surface area contributed by atoms with Crippen LogP contribution < -0.4 is 10.6 Å². The number of thiophene rings is 1. The van der Waals surface area contributed by atoms with E-state index in [1.165, 1.54) is 23.2 Å². The zero-order valence-electron chi connectivity index (χ0n) is 12.8. The van der Waals surface area contributed by atoms with Gasteiger partial charge in [-0.3, -0.25) is 14.4 Å². The Morgan fingerprint density at radius 1 is 1.13 bits per heavy atom. The lowest BCUT2D eigenvalue weighted by atomic mass is 10.2. The van der Waals surface area contributed by atoms with Crippen LogP contribution in [0.1, 0.15) is 17.3 Å². The van der Waals surface area contributed by atoms with Crippen molar-refractivity contribution >= 4 is 40.4 Å². The van der Waals surface area contributed by atoms with Crippen molar-refractivity contribution in [1.82, 2.24) is 4.90 Å². The van der Waals surface area contributed by atoms with Crippen molar-refractivity contribution in [2.24, 2.45) is 0 Å². The van der Waals surface area contributed by atoms with Gasteiger partial charge in [0.1, 0.15) is 0 Å². The highest BCUT2D eigenvalue weighted by molar-refractivity contribution is 7.08. The van der Waals surface area contributed by atoms with E-state index in [4.69, 9.17) is 0 Å². The molecule has 0 saturated heterocycles. The summed E-state index contributed by atoms with van der Waals surface area (Å²) in [6.45, 7) is 1.36. The van der Waals surface area contributed by atoms with Crippen LogP contribution >= 0.6 is 11.3 Å². The minimum Gasteiger partial charge on any atom is -0.332 e. The fourth-order valence-electron chi connectivity index (χ4n) is 1.97. The van der Waals surface area contributed by atoms with Gasteiger partial charge in [0.15, 0.2) is 0 Å². The molecule has 0 aliphatic carbocycles. The van der Waals surface area contributed by atoms with Gasteiger partial charge in [0.05, 0.1) is 12.1 Å². The molecule has 120 valence electrons. The summed E-state index contributed by atoms with van der Waals surface area (Å²) in [4.78, 5) is 36.5. The minimum atomic E-state index is -0.309. The van der Waals surface area contributed by atoms with Crippen molar-refractivity contribution in [3.8, 4) is 0 Å². The Morgan fingerprint density at radius 2 is 1.83 bits per heavy atom. The number of anilines is 2. The first-order chi connectivity index (χ1) is 11.0. The molecule has 0 saturated carbocycles. The molecule has 1 aromatic carbocycles. The molecule has 1 aromatic heterocycles. The number of amides is 3. The van der Waals surface area contributed by atoms with E-state index < -0.39 is 0 Å². The van der Waals surface area contributed by atoms with Crippen LogP contribution in [-0.2, 0) is 9.59 Å². The van der Waals surface area contributed by atoms with Crippen LogP contribution in [-0.4, -0.2) is 36.2 Å². The van der Waals surface area contributed by atoms with Gasteiger partial charge < -0.3 is 15.5 Å². The van der Waals surface area contributed by atoms with Crippen LogP contribution in [0.25, 0.3) is 0 Å². The summed E-state index contributed by atoms with van der Waals surface area (Å²) >= 11 is 1.43. The third-order valence-corrected chi connectivity index (χ3v) is 3.65. The summed E-state index contributed by atoms with van der Waals surface area (Å²) in [7, 11) is 1.58. The Hall–Kier alpha value is -2.67. The van der Waals surface area contributed by atoms with Crippen LogP contribution in [0.2, 0.25) is 0 Å². The predicted octanol–water partition coefficient (Wildman–Crippen LogP) is 2.42. The van der Waals surface area contributed by atoms with Crippen LogP contribution in [0, 0.1) is 0 Å². The molecule has 2 aromatic rings. The van der Waals surface area contributed by atoms with E-state index in [1.807, 2.05) is 5.38 Å². The summed E-state index contributed by atoms with van der Waals surface area (Å²) < 4.78 is 0. The lowest BCUT2D eigenvalue weighted by molar-refractivity contribution is -0.116. The first kappa shape index (κ1) is 16.7. The van der Waals surface area contributed by atoms with Gasteiger partial charge >= 0.3 is 0 Å². The molecule has 0 aliphatic heterocycles. The van der Waals surface area contributed by atoms with E-state index in [2.05, 4.69) is 10.6 Å². The number of carbonyl (C=O) groups excluding carboxylic acids is 3. The zero-order chi connectivity index (χ0) is 16.8. The zero-order valence-corrected chi connectivity index (χ0v) is 13.6. The molecule has 0 fully saturated rings. The highest BCUT2D eigenvalue weighted by atomic mass is 32.1. The summed E-state index contributed by atoms with van der Waals surface area (Å²) in [5.74, 6) is -0.695. The molecule has 0 aliphatic rings. The number of rotatable bonds is 5. The fourth-order valence-corrected chi connectivity index (χ4v) is 2.60. The maximum Gasteiger partial charge on any atom is 0.254 e. The molecular formula is C16H17N3O3S. The molecule has 3 amide bonds. The van der Waals surface area contributed by atoms with Crippen molar-refractivity contribution in [2.75, 3.05) is 24.2 Å². The number of carbonyl (C=O) groups is 3. The molecular weight excluding hydrogens is 314 g/mol. The van der Waals surface area contributed by atoms with Crippen molar-refractivity contribution in [2.45, 2.75) is 6.92 Å². The van der Waals surface area contributed by atoms with Gasteiger partial charge in [-0.2, -0.15) is 11.3 Å². The maximum atomic E-state index is 12.1. The van der Waals surface area contributed by atoms with Gasteiger partial charge in [0, 0.05) is 30.7 Å². The summed E-state index contributed by atoms with van der Waals surface area (Å²) in [5, 5.41) is 8.91. The molecule has 23 heavy (non-hydrogen) atoms. The Morgan fingerprint density at radius 3 is 2.43 bits per heavy atom. The molecule has 0 unspecified atom stereocenters. The number of nitrogens with zero attached hydrogens (tertiary/aromatic N) is 1. The van der Waals surface area contributed by atoms with Crippen molar-refractivity contribution < 1.29 is 14.4 Å². The molecule has 0 radical (unpaired) electrons. The van der Waals surface area contributed by atoms with Gasteiger partial charge in [-0.05, 0) is 29.6 Å². The first-order valence-electron chi connectivity index (χ1n) is 6.91. The SMILES string of the molecule is CC(=O)Nc1cccc(NC(=O)CN(C)C(=O)c2ccsc2)c1. The number of hydrogen-bond donors (Lipinski definition) is 2. The molecule has 0 atom stereocenters. The highest BCUT2D eigenvalue weighted by Crippen LogP contribution is 2.15. The molecule has 1 heterocycles. The quantitative estimate of drug-likeness (QED) is 0.883. The minimum absolute atomic E-state index is 0.0565. The average molecular weight is 331 g/mol. The van der Waals surface area contributed by atoms with Crippen molar-refractivity contribution in [3.05, 3.63) is 46.7 Å². The Bertz CT molecular complexity index is 713. The monoisotopic (exact) mass is 331 g/mol. The molecule has 0 spiro atoms. The number of hydrogen-bond acceptors (Lipinski definition) is 4. The predicted molar refractivity (Wildman–Crippen MR) is 90.7 cm³/mol. The van der Waals surface area contributed by atoms with Crippen molar-refractivity contribution in [3.63, 3.8) is 0 Å². The average Bonchev–Trinajstić information content (AvgIpc) is 2.99. The lowest BCUT2D eigenvalue weighted by Crippen LogP contribution is -2.34. The Balaban J connectivity index is 1.94. The lowest BCUT2D eigenvalue weighted by Gasteiger charge is -2.16. The summed E-state index contributed by atoms with van der Waals surface area (Å²) in [6, 6.07) is 8.53. The molecule has 6 nitrogen and oxygen atoms in total. The number of likely N-dealkylation sites (N-methyl/N-ethyl adjacent to an activating group) is 1. The maximum absolute atomic E-state index is 12.1. The van der Waals surface area contributed by atoms with Crippen LogP contribution in [0.4, 0.5) is 11.4 Å². The second kappa shape index (κ2) is 7.55. The van der Waals surface area contributed by atoms with E-state index in [9.17, 15) is 14.4 Å². The smallest absolute Gasteiger partial charge is 0.254 e. The van der Waals surface area contributed by atoms with E-state index in [1.54, 1.807) is 42.8 Å². The summed E-state index contributed by atoms with van der Waals surface area (Å²) in [5.41, 5.74) is 1.72. The van der Waals surface area contributed by atoms with Crippen molar-refractivity contribution in [1.29, 1.82) is 0 Å². The number of nitrogens with one attached hydrogen (secondary N) is 2. The van der Waals surface area contributed by atoms with Gasteiger partial charge in [-0.1, -0.05) is 6.07 Å². The third-order valence-electron chi connectivity index (χ3n) is 2.96. The second-order valence-electron chi connectivity index (χ2n) is 4.98. The standard InChI is InChI=1S/C16H17N3O3S/c1-11(20)17-13-4-3-5-14(8-13)18-15(21)9-19(2)16(22)12-6-7-23-10-12/h3-8,10H,9H2,1-2H3,(H,17,20)(H,18,21). The third kappa shape index (κ3) is 4.93. The first-order valence-corrected chi connectivity index (χ1v) is 7.85. The Labute approximate surface area is 138 Å².